The van der Waals surface area contributed by atoms with Crippen molar-refractivity contribution < 1.29 is 0 Å². The van der Waals surface area contributed by atoms with Crippen molar-refractivity contribution in [1.29, 1.82) is 0 Å². The summed E-state index contributed by atoms with van der Waals surface area (Å²) in [5.41, 5.74) is 0.810. The third-order valence-electron chi connectivity index (χ3n) is 4.69. The molecule has 2 saturated carbocycles. The van der Waals surface area contributed by atoms with Gasteiger partial charge in [-0.2, -0.15) is 0 Å². The predicted octanol–water partition coefficient (Wildman–Crippen LogP) is 4.39. The smallest absolute Gasteiger partial charge is 0.0295 e. The van der Waals surface area contributed by atoms with Crippen LogP contribution in [0.3, 0.4) is 0 Å². The Kier molecular flexibility index (Phi) is 2.67. The minimum atomic E-state index is 0.810. The van der Waals surface area contributed by atoms with Crippen molar-refractivity contribution in [3.8, 4) is 0 Å². The molecular formula is C13H24. The minimum absolute atomic E-state index is 0.810. The molecule has 0 spiro atoms. The van der Waals surface area contributed by atoms with Gasteiger partial charge in [0.1, 0.15) is 0 Å². The molecule has 0 aromatic rings. The second kappa shape index (κ2) is 3.63. The third-order valence-corrected chi connectivity index (χ3v) is 4.69. The van der Waals surface area contributed by atoms with Crippen molar-refractivity contribution in [3.63, 3.8) is 0 Å². The van der Waals surface area contributed by atoms with E-state index in [0.717, 1.165) is 17.3 Å². The summed E-state index contributed by atoms with van der Waals surface area (Å²) < 4.78 is 0. The molecule has 0 heterocycles. The first-order valence-corrected chi connectivity index (χ1v) is 6.26. The fraction of sp³-hybridized carbons (Fsp3) is 1.00. The van der Waals surface area contributed by atoms with Crippen LogP contribution in [0.5, 0.6) is 0 Å². The highest BCUT2D eigenvalue weighted by molar-refractivity contribution is 4.92. The summed E-state index contributed by atoms with van der Waals surface area (Å²) in [6.45, 7) is 4.84. The van der Waals surface area contributed by atoms with Gasteiger partial charge in [0.25, 0.3) is 0 Å². The van der Waals surface area contributed by atoms with E-state index in [0.29, 0.717) is 0 Å². The summed E-state index contributed by atoms with van der Waals surface area (Å²) in [7, 11) is 0. The molecule has 0 aromatic carbocycles. The van der Waals surface area contributed by atoms with Crippen molar-refractivity contribution in [1.82, 2.24) is 0 Å². The highest BCUT2D eigenvalue weighted by Crippen LogP contribution is 2.53. The molecule has 0 heteroatoms. The van der Waals surface area contributed by atoms with E-state index >= 15 is 0 Å². The van der Waals surface area contributed by atoms with Gasteiger partial charge in [0, 0.05) is 0 Å². The summed E-state index contributed by atoms with van der Waals surface area (Å²) >= 11 is 0. The highest BCUT2D eigenvalue weighted by Gasteiger charge is 2.41. The first-order chi connectivity index (χ1) is 6.26. The van der Waals surface area contributed by atoms with Gasteiger partial charge in [-0.05, 0) is 49.4 Å². The SMILES string of the molecule is CCCC12CCCC(C)C(CC1)C2. The average molecular weight is 180 g/mol. The van der Waals surface area contributed by atoms with E-state index in [9.17, 15) is 0 Å². The maximum absolute atomic E-state index is 2.48. The Morgan fingerprint density at radius 3 is 2.85 bits per heavy atom. The molecular weight excluding hydrogens is 156 g/mol. The van der Waals surface area contributed by atoms with Gasteiger partial charge in [-0.15, -0.1) is 0 Å². The zero-order valence-corrected chi connectivity index (χ0v) is 9.31. The monoisotopic (exact) mass is 180 g/mol. The van der Waals surface area contributed by atoms with Gasteiger partial charge in [0.2, 0.25) is 0 Å². The van der Waals surface area contributed by atoms with Crippen LogP contribution in [-0.2, 0) is 0 Å². The van der Waals surface area contributed by atoms with Crippen LogP contribution >= 0.6 is 0 Å². The summed E-state index contributed by atoms with van der Waals surface area (Å²) in [5, 5.41) is 0. The molecule has 2 aliphatic carbocycles. The zero-order valence-electron chi connectivity index (χ0n) is 9.31. The molecule has 0 N–H and O–H groups in total. The molecule has 2 aliphatic rings. The summed E-state index contributed by atoms with van der Waals surface area (Å²) in [4.78, 5) is 0. The van der Waals surface area contributed by atoms with Crippen LogP contribution in [0.4, 0.5) is 0 Å². The molecule has 0 amide bonds. The average Bonchev–Trinajstić information content (AvgIpc) is 2.42. The maximum Gasteiger partial charge on any atom is -0.0295 e. The summed E-state index contributed by atoms with van der Waals surface area (Å²) in [5.74, 6) is 2.12. The van der Waals surface area contributed by atoms with E-state index in [4.69, 9.17) is 0 Å². The van der Waals surface area contributed by atoms with Crippen LogP contribution < -0.4 is 0 Å². The first kappa shape index (κ1) is 9.55. The molecule has 3 atom stereocenters. The second-order valence-corrected chi connectivity index (χ2v) is 5.62. The van der Waals surface area contributed by atoms with Gasteiger partial charge in [0.05, 0.1) is 0 Å². The predicted molar refractivity (Wildman–Crippen MR) is 57.7 cm³/mol. The minimum Gasteiger partial charge on any atom is -0.0654 e. The number of rotatable bonds is 2. The van der Waals surface area contributed by atoms with E-state index in [1.54, 1.807) is 25.7 Å². The van der Waals surface area contributed by atoms with Crippen LogP contribution in [-0.4, -0.2) is 0 Å². The molecule has 3 unspecified atom stereocenters. The molecule has 2 rings (SSSR count). The number of hydrogen-bond donors (Lipinski definition) is 0. The van der Waals surface area contributed by atoms with E-state index in [2.05, 4.69) is 13.8 Å². The van der Waals surface area contributed by atoms with Crippen molar-refractivity contribution in [3.05, 3.63) is 0 Å². The Bertz CT molecular complexity index is 173. The Labute approximate surface area is 83.1 Å². The largest absolute Gasteiger partial charge is 0.0654 e. The second-order valence-electron chi connectivity index (χ2n) is 5.62. The van der Waals surface area contributed by atoms with Crippen LogP contribution in [0.15, 0.2) is 0 Å². The van der Waals surface area contributed by atoms with Gasteiger partial charge in [-0.1, -0.05) is 33.1 Å². The molecule has 13 heavy (non-hydrogen) atoms. The third kappa shape index (κ3) is 1.78. The van der Waals surface area contributed by atoms with Crippen LogP contribution in [0, 0.1) is 17.3 Å². The molecule has 0 radical (unpaired) electrons. The van der Waals surface area contributed by atoms with E-state index < -0.39 is 0 Å². The Morgan fingerprint density at radius 2 is 2.08 bits per heavy atom. The van der Waals surface area contributed by atoms with E-state index in [1.165, 1.54) is 25.7 Å². The van der Waals surface area contributed by atoms with Gasteiger partial charge in [-0.3, -0.25) is 0 Å². The van der Waals surface area contributed by atoms with E-state index in [-0.39, 0.29) is 0 Å². The lowest BCUT2D eigenvalue weighted by Crippen LogP contribution is -2.15. The van der Waals surface area contributed by atoms with Gasteiger partial charge >= 0.3 is 0 Å². The van der Waals surface area contributed by atoms with Crippen molar-refractivity contribution in [2.75, 3.05) is 0 Å². The standard InChI is InChI=1S/C13H24/c1-3-7-13-8-4-5-11(2)12(10-13)6-9-13/h11-12H,3-10H2,1-2H3. The molecule has 0 aliphatic heterocycles. The number of fused-ring (bicyclic) bond motifs is 2. The quantitative estimate of drug-likeness (QED) is 0.591. The maximum atomic E-state index is 2.48. The molecule has 0 nitrogen and oxygen atoms in total. The Balaban J connectivity index is 2.06. The van der Waals surface area contributed by atoms with Crippen molar-refractivity contribution >= 4 is 0 Å². The Morgan fingerprint density at radius 1 is 1.23 bits per heavy atom. The van der Waals surface area contributed by atoms with Crippen LogP contribution in [0.25, 0.3) is 0 Å². The Hall–Kier alpha value is 0. The molecule has 0 aromatic heterocycles. The van der Waals surface area contributed by atoms with Gasteiger partial charge in [0.15, 0.2) is 0 Å². The topological polar surface area (TPSA) is 0 Å². The lowest BCUT2D eigenvalue weighted by molar-refractivity contribution is 0.241. The van der Waals surface area contributed by atoms with Crippen LogP contribution in [0.1, 0.15) is 65.2 Å². The molecule has 0 saturated heterocycles. The highest BCUT2D eigenvalue weighted by atomic mass is 14.5. The lowest BCUT2D eigenvalue weighted by atomic mass is 9.78. The lowest BCUT2D eigenvalue weighted by Gasteiger charge is -2.27. The normalized spacial score (nSPS) is 44.8. The van der Waals surface area contributed by atoms with Crippen molar-refractivity contribution in [2.45, 2.75) is 65.2 Å². The summed E-state index contributed by atoms with van der Waals surface area (Å²) in [6, 6.07) is 0. The van der Waals surface area contributed by atoms with E-state index in [1.807, 2.05) is 0 Å². The zero-order chi connectivity index (χ0) is 9.31. The first-order valence-electron chi connectivity index (χ1n) is 6.26. The van der Waals surface area contributed by atoms with Crippen molar-refractivity contribution in [2.24, 2.45) is 17.3 Å². The molecule has 76 valence electrons. The van der Waals surface area contributed by atoms with Crippen LogP contribution in [0.2, 0.25) is 0 Å². The molecule has 2 bridgehead atoms. The fourth-order valence-corrected chi connectivity index (χ4v) is 3.88. The molecule has 2 fully saturated rings. The summed E-state index contributed by atoms with van der Waals surface area (Å²) in [6.07, 6.45) is 12.1. The van der Waals surface area contributed by atoms with Gasteiger partial charge < -0.3 is 0 Å². The fourth-order valence-electron chi connectivity index (χ4n) is 3.88. The van der Waals surface area contributed by atoms with Gasteiger partial charge in [-0.25, -0.2) is 0 Å². The number of hydrogen-bond acceptors (Lipinski definition) is 0.